The summed E-state index contributed by atoms with van der Waals surface area (Å²) in [5, 5.41) is 0. The second-order valence-corrected chi connectivity index (χ2v) is 10.0. The topological polar surface area (TPSA) is 41.1 Å². The van der Waals surface area contributed by atoms with Crippen LogP contribution >= 0.6 is 0 Å². The highest BCUT2D eigenvalue weighted by molar-refractivity contribution is 5.76. The molecule has 5 aromatic rings. The van der Waals surface area contributed by atoms with Gasteiger partial charge in [-0.05, 0) is 78.3 Å². The number of nitrogens with one attached hydrogen (secondary N) is 1. The zero-order valence-electron chi connectivity index (χ0n) is 21.3. The molecule has 1 fully saturated rings. The first kappa shape index (κ1) is 23.4. The first-order chi connectivity index (χ1) is 18.3. The Kier molecular flexibility index (Phi) is 6.64. The number of nitrogens with zero attached hydrogens (tertiary/aromatic N) is 2. The second-order valence-electron chi connectivity index (χ2n) is 10.0. The average Bonchev–Trinajstić information content (AvgIpc) is 3.38. The molecule has 1 N–H and O–H groups in total. The third-order valence-corrected chi connectivity index (χ3v) is 7.72. The van der Waals surface area contributed by atoms with Crippen LogP contribution in [0.2, 0.25) is 0 Å². The lowest BCUT2D eigenvalue weighted by atomic mass is 9.79. The molecule has 0 amide bonds. The van der Waals surface area contributed by atoms with Crippen molar-refractivity contribution < 1.29 is 4.74 Å². The number of rotatable bonds is 7. The lowest BCUT2D eigenvalue weighted by Crippen LogP contribution is -2.36. The first-order valence-electron chi connectivity index (χ1n) is 13.2. The normalized spacial score (nSPS) is 15.1. The Balaban J connectivity index is 1.30. The molecule has 0 radical (unpaired) electrons. The Bertz CT molecular complexity index is 1440. The van der Waals surface area contributed by atoms with Crippen LogP contribution in [0.1, 0.15) is 41.3 Å². The molecule has 186 valence electrons. The van der Waals surface area contributed by atoms with Gasteiger partial charge in [0, 0.05) is 24.7 Å². The highest BCUT2D eigenvalue weighted by Crippen LogP contribution is 2.39. The summed E-state index contributed by atoms with van der Waals surface area (Å²) < 4.78 is 5.44. The van der Waals surface area contributed by atoms with Gasteiger partial charge in [-0.2, -0.15) is 0 Å². The molecule has 6 rings (SSSR count). The molecule has 0 aliphatic carbocycles. The Morgan fingerprint density at radius 2 is 1.54 bits per heavy atom. The molecule has 0 bridgehead atoms. The number of H-pyrrole nitrogens is 1. The second kappa shape index (κ2) is 10.5. The molecule has 1 saturated heterocycles. The van der Waals surface area contributed by atoms with Gasteiger partial charge in [-0.25, -0.2) is 4.98 Å². The van der Waals surface area contributed by atoms with E-state index in [4.69, 9.17) is 9.72 Å². The van der Waals surface area contributed by atoms with Crippen LogP contribution in [0.15, 0.2) is 103 Å². The van der Waals surface area contributed by atoms with Crippen molar-refractivity contribution in [1.82, 2.24) is 9.97 Å². The molecular formula is C33H33N3O. The monoisotopic (exact) mass is 487 g/mol. The fraction of sp³-hybridized carbons (Fsp3) is 0.242. The number of benzene rings is 4. The van der Waals surface area contributed by atoms with Gasteiger partial charge in [0.05, 0.1) is 18.1 Å². The van der Waals surface area contributed by atoms with Gasteiger partial charge in [-0.1, -0.05) is 66.7 Å². The Labute approximate surface area is 219 Å². The summed E-state index contributed by atoms with van der Waals surface area (Å²) in [5.41, 5.74) is 7.38. The van der Waals surface area contributed by atoms with E-state index in [1.54, 1.807) is 7.11 Å². The van der Waals surface area contributed by atoms with E-state index in [0.29, 0.717) is 5.92 Å². The van der Waals surface area contributed by atoms with Crippen molar-refractivity contribution in [2.45, 2.75) is 25.2 Å². The number of aromatic nitrogens is 2. The van der Waals surface area contributed by atoms with Gasteiger partial charge in [-0.15, -0.1) is 0 Å². The summed E-state index contributed by atoms with van der Waals surface area (Å²) in [7, 11) is 1.72. The van der Waals surface area contributed by atoms with E-state index in [9.17, 15) is 0 Å². The van der Waals surface area contributed by atoms with Crippen LogP contribution in [0.3, 0.4) is 0 Å². The number of anilines is 1. The number of piperidine rings is 1. The van der Waals surface area contributed by atoms with Gasteiger partial charge in [-0.3, -0.25) is 0 Å². The number of ether oxygens (including phenoxy) is 1. The fourth-order valence-corrected chi connectivity index (χ4v) is 5.76. The van der Waals surface area contributed by atoms with Crippen molar-refractivity contribution >= 4 is 16.7 Å². The molecule has 0 saturated carbocycles. The van der Waals surface area contributed by atoms with Crippen molar-refractivity contribution in [3.63, 3.8) is 0 Å². The van der Waals surface area contributed by atoms with E-state index in [2.05, 4.69) is 113 Å². The standard InChI is InChI=1S/C33H33N3O/c1-37-29-15-13-26(14-16-29)32(27-18-20-36(21-19-27)28-10-6-3-7-11-28)33-34-30-17-12-25(23-31(30)35-33)22-24-8-4-2-5-9-24/h2-17,23,27,32H,18-22H2,1H3,(H,34,35). The quantitative estimate of drug-likeness (QED) is 0.264. The SMILES string of the molecule is COc1ccc(C(c2nc3ccc(Cc4ccccc4)cc3[nH]2)C2CCN(c3ccccc3)CC2)cc1. The third kappa shape index (κ3) is 5.10. The molecule has 1 unspecified atom stereocenters. The maximum absolute atomic E-state index is 5.44. The van der Waals surface area contributed by atoms with Crippen LogP contribution in [0.25, 0.3) is 11.0 Å². The zero-order valence-corrected chi connectivity index (χ0v) is 21.3. The predicted octanol–water partition coefficient (Wildman–Crippen LogP) is 7.21. The zero-order chi connectivity index (χ0) is 25.0. The Hall–Kier alpha value is -4.05. The molecule has 2 heterocycles. The number of aromatic amines is 1. The third-order valence-electron chi connectivity index (χ3n) is 7.72. The summed E-state index contributed by atoms with van der Waals surface area (Å²) in [5.74, 6) is 2.68. The molecule has 4 heteroatoms. The van der Waals surface area contributed by atoms with Crippen molar-refractivity contribution in [2.75, 3.05) is 25.1 Å². The van der Waals surface area contributed by atoms with Crippen LogP contribution in [0.4, 0.5) is 5.69 Å². The van der Waals surface area contributed by atoms with Crippen molar-refractivity contribution in [3.05, 3.63) is 126 Å². The summed E-state index contributed by atoms with van der Waals surface area (Å²) in [4.78, 5) is 11.4. The van der Waals surface area contributed by atoms with Crippen LogP contribution in [-0.4, -0.2) is 30.2 Å². The van der Waals surface area contributed by atoms with Gasteiger partial charge < -0.3 is 14.6 Å². The van der Waals surface area contributed by atoms with E-state index in [1.807, 2.05) is 0 Å². The van der Waals surface area contributed by atoms with E-state index < -0.39 is 0 Å². The Morgan fingerprint density at radius 3 is 2.24 bits per heavy atom. The molecule has 0 spiro atoms. The molecule has 37 heavy (non-hydrogen) atoms. The molecule has 1 aliphatic heterocycles. The summed E-state index contributed by atoms with van der Waals surface area (Å²) in [6.45, 7) is 2.12. The van der Waals surface area contributed by atoms with Crippen molar-refractivity contribution in [3.8, 4) is 5.75 Å². The summed E-state index contributed by atoms with van der Waals surface area (Å²) >= 11 is 0. The van der Waals surface area contributed by atoms with Crippen molar-refractivity contribution in [1.29, 1.82) is 0 Å². The predicted molar refractivity (Wildman–Crippen MR) is 152 cm³/mol. The highest BCUT2D eigenvalue weighted by Gasteiger charge is 2.31. The lowest BCUT2D eigenvalue weighted by molar-refractivity contribution is 0.361. The lowest BCUT2D eigenvalue weighted by Gasteiger charge is -2.37. The highest BCUT2D eigenvalue weighted by atomic mass is 16.5. The maximum atomic E-state index is 5.44. The van der Waals surface area contributed by atoms with E-state index in [1.165, 1.54) is 22.4 Å². The van der Waals surface area contributed by atoms with Crippen molar-refractivity contribution in [2.24, 2.45) is 5.92 Å². The number of para-hydroxylation sites is 1. The van der Waals surface area contributed by atoms with Gasteiger partial charge in [0.1, 0.15) is 11.6 Å². The van der Waals surface area contributed by atoms with Crippen LogP contribution in [0.5, 0.6) is 5.75 Å². The van der Waals surface area contributed by atoms with Gasteiger partial charge in [0.2, 0.25) is 0 Å². The molecule has 1 aliphatic rings. The number of hydrogen-bond donors (Lipinski definition) is 1. The van der Waals surface area contributed by atoms with E-state index in [-0.39, 0.29) is 5.92 Å². The van der Waals surface area contributed by atoms with E-state index in [0.717, 1.165) is 55.0 Å². The van der Waals surface area contributed by atoms with Gasteiger partial charge in [0.15, 0.2) is 0 Å². The number of methoxy groups -OCH3 is 1. The van der Waals surface area contributed by atoms with Gasteiger partial charge in [0.25, 0.3) is 0 Å². The smallest absolute Gasteiger partial charge is 0.118 e. The number of hydrogen-bond acceptors (Lipinski definition) is 3. The summed E-state index contributed by atoms with van der Waals surface area (Å²) in [6.07, 6.45) is 3.18. The maximum Gasteiger partial charge on any atom is 0.118 e. The van der Waals surface area contributed by atoms with E-state index >= 15 is 0 Å². The van der Waals surface area contributed by atoms with Crippen LogP contribution < -0.4 is 9.64 Å². The fourth-order valence-electron chi connectivity index (χ4n) is 5.76. The molecule has 1 atom stereocenters. The average molecular weight is 488 g/mol. The summed E-state index contributed by atoms with van der Waals surface area (Å²) in [6, 6.07) is 36.6. The van der Waals surface area contributed by atoms with Crippen LogP contribution in [0, 0.1) is 5.92 Å². The minimum Gasteiger partial charge on any atom is -0.497 e. The minimum atomic E-state index is 0.216. The molecular weight excluding hydrogens is 454 g/mol. The molecule has 1 aromatic heterocycles. The Morgan fingerprint density at radius 1 is 0.838 bits per heavy atom. The first-order valence-corrected chi connectivity index (χ1v) is 13.2. The molecule has 4 aromatic carbocycles. The molecule has 4 nitrogen and oxygen atoms in total. The largest absolute Gasteiger partial charge is 0.497 e. The number of imidazole rings is 1. The van der Waals surface area contributed by atoms with Crippen LogP contribution in [-0.2, 0) is 6.42 Å². The van der Waals surface area contributed by atoms with Gasteiger partial charge >= 0.3 is 0 Å². The number of fused-ring (bicyclic) bond motifs is 1. The minimum absolute atomic E-state index is 0.216.